The first kappa shape index (κ1) is 26.6. The van der Waals surface area contributed by atoms with Crippen molar-refractivity contribution >= 4 is 35.6 Å². The predicted molar refractivity (Wildman–Crippen MR) is 114 cm³/mol. The molecule has 14 heteroatoms. The van der Waals surface area contributed by atoms with E-state index in [1.165, 1.54) is 0 Å². The normalized spacial score (nSPS) is 16.9. The smallest absolute Gasteiger partial charge is 0.322 e. The standard InChI is InChI=1S/C18H32N8O6/c19-13(27)6-5-12(15(30)24-9-14(28)29)26-17(32)11(4-2-8-23-18(20)21)25-16(31)10-3-1-7-22-10/h10-12,22H,1-9H2,(H2,19,27)(H,24,30)(H,25,31)(H,26,32)(H,28,29)(H4,20,21,23). The average Bonchev–Trinajstić information content (AvgIpc) is 3.25. The molecule has 1 aliphatic heterocycles. The molecule has 4 amide bonds. The number of nitrogens with zero attached hydrogens (tertiary/aromatic N) is 1. The van der Waals surface area contributed by atoms with Crippen LogP contribution in [-0.2, 0) is 24.0 Å². The summed E-state index contributed by atoms with van der Waals surface area (Å²) in [6.07, 6.45) is 1.67. The van der Waals surface area contributed by atoms with Crippen LogP contribution in [0.25, 0.3) is 0 Å². The van der Waals surface area contributed by atoms with Gasteiger partial charge in [0.1, 0.15) is 18.6 Å². The molecule has 1 aliphatic rings. The number of aliphatic carboxylic acids is 1. The number of guanidine groups is 1. The van der Waals surface area contributed by atoms with Crippen molar-refractivity contribution in [2.75, 3.05) is 19.6 Å². The summed E-state index contributed by atoms with van der Waals surface area (Å²) in [5.41, 5.74) is 15.7. The van der Waals surface area contributed by atoms with E-state index in [1.54, 1.807) is 0 Å². The Labute approximate surface area is 185 Å². The number of hydrogen-bond acceptors (Lipinski definition) is 7. The number of rotatable bonds is 14. The minimum absolute atomic E-state index is 0.105. The molecule has 3 unspecified atom stereocenters. The maximum atomic E-state index is 12.9. The van der Waals surface area contributed by atoms with Crippen LogP contribution in [0.2, 0.25) is 0 Å². The lowest BCUT2D eigenvalue weighted by atomic mass is 10.1. The van der Waals surface area contributed by atoms with Crippen LogP contribution < -0.4 is 38.5 Å². The Morgan fingerprint density at radius 1 is 1.03 bits per heavy atom. The fourth-order valence-corrected chi connectivity index (χ4v) is 3.07. The van der Waals surface area contributed by atoms with E-state index in [0.717, 1.165) is 6.42 Å². The van der Waals surface area contributed by atoms with Gasteiger partial charge in [-0.3, -0.25) is 29.0 Å². The van der Waals surface area contributed by atoms with Crippen LogP contribution in [-0.4, -0.2) is 78.4 Å². The zero-order valence-electron chi connectivity index (χ0n) is 17.8. The number of aliphatic imine (C=N–C) groups is 1. The molecule has 11 N–H and O–H groups in total. The van der Waals surface area contributed by atoms with Crippen LogP contribution in [0.3, 0.4) is 0 Å². The summed E-state index contributed by atoms with van der Waals surface area (Å²) < 4.78 is 0. The van der Waals surface area contributed by atoms with Gasteiger partial charge >= 0.3 is 5.97 Å². The van der Waals surface area contributed by atoms with Crippen molar-refractivity contribution in [3.05, 3.63) is 0 Å². The lowest BCUT2D eigenvalue weighted by Gasteiger charge is -2.24. The molecule has 1 rings (SSSR count). The fourth-order valence-electron chi connectivity index (χ4n) is 3.07. The van der Waals surface area contributed by atoms with Crippen molar-refractivity contribution in [1.82, 2.24) is 21.3 Å². The lowest BCUT2D eigenvalue weighted by molar-refractivity contribution is -0.138. The van der Waals surface area contributed by atoms with Gasteiger partial charge in [0, 0.05) is 13.0 Å². The van der Waals surface area contributed by atoms with Crippen molar-refractivity contribution in [3.8, 4) is 0 Å². The molecule has 0 aliphatic carbocycles. The Kier molecular flexibility index (Phi) is 11.5. The molecule has 0 radical (unpaired) electrons. The van der Waals surface area contributed by atoms with E-state index >= 15 is 0 Å². The highest BCUT2D eigenvalue weighted by molar-refractivity contribution is 5.94. The van der Waals surface area contributed by atoms with Crippen molar-refractivity contribution in [3.63, 3.8) is 0 Å². The molecule has 0 spiro atoms. The molecule has 14 nitrogen and oxygen atoms in total. The summed E-state index contributed by atoms with van der Waals surface area (Å²) >= 11 is 0. The highest BCUT2D eigenvalue weighted by Gasteiger charge is 2.30. The molecular weight excluding hydrogens is 424 g/mol. The molecule has 0 aromatic heterocycles. The number of carbonyl (C=O) groups is 5. The van der Waals surface area contributed by atoms with Crippen molar-refractivity contribution in [2.45, 2.75) is 56.7 Å². The van der Waals surface area contributed by atoms with Crippen molar-refractivity contribution < 1.29 is 29.1 Å². The third kappa shape index (κ3) is 10.6. The SMILES string of the molecule is NC(=O)CCC(NC(=O)C(CCCN=C(N)N)NC(=O)C1CCCN1)C(=O)NCC(=O)O. The third-order valence-corrected chi connectivity index (χ3v) is 4.68. The van der Waals surface area contributed by atoms with Gasteiger partial charge in [0.05, 0.1) is 6.04 Å². The van der Waals surface area contributed by atoms with Gasteiger partial charge in [-0.25, -0.2) is 0 Å². The molecule has 180 valence electrons. The van der Waals surface area contributed by atoms with Gasteiger partial charge in [-0.05, 0) is 38.6 Å². The first-order valence-electron chi connectivity index (χ1n) is 10.3. The summed E-state index contributed by atoms with van der Waals surface area (Å²) in [4.78, 5) is 63.3. The Bertz CT molecular complexity index is 718. The number of nitrogens with two attached hydrogens (primary N) is 3. The van der Waals surface area contributed by atoms with E-state index in [0.29, 0.717) is 19.4 Å². The second-order valence-corrected chi connectivity index (χ2v) is 7.34. The van der Waals surface area contributed by atoms with Crippen LogP contribution >= 0.6 is 0 Å². The summed E-state index contributed by atoms with van der Waals surface area (Å²) in [5.74, 6) is -3.87. The quantitative estimate of drug-likeness (QED) is 0.0725. The predicted octanol–water partition coefficient (Wildman–Crippen LogP) is -3.77. The van der Waals surface area contributed by atoms with Crippen LogP contribution in [0, 0.1) is 0 Å². The molecule has 32 heavy (non-hydrogen) atoms. The average molecular weight is 457 g/mol. The van der Waals surface area contributed by atoms with E-state index in [2.05, 4.69) is 26.3 Å². The Balaban J connectivity index is 2.85. The monoisotopic (exact) mass is 456 g/mol. The second kappa shape index (κ2) is 13.8. The summed E-state index contributed by atoms with van der Waals surface area (Å²) in [6.45, 7) is 0.264. The van der Waals surface area contributed by atoms with Crippen LogP contribution in [0.1, 0.15) is 38.5 Å². The highest BCUT2D eigenvalue weighted by atomic mass is 16.4. The van der Waals surface area contributed by atoms with Gasteiger partial charge in [0.15, 0.2) is 5.96 Å². The van der Waals surface area contributed by atoms with Gasteiger partial charge in [0.2, 0.25) is 23.6 Å². The van der Waals surface area contributed by atoms with E-state index in [9.17, 15) is 24.0 Å². The van der Waals surface area contributed by atoms with Gasteiger partial charge in [-0.1, -0.05) is 0 Å². The zero-order valence-corrected chi connectivity index (χ0v) is 17.8. The van der Waals surface area contributed by atoms with Crippen molar-refractivity contribution in [2.24, 2.45) is 22.2 Å². The minimum atomic E-state index is -1.27. The summed E-state index contributed by atoms with van der Waals surface area (Å²) in [6, 6.07) is -2.63. The number of carbonyl (C=O) groups excluding carboxylic acids is 4. The molecule has 0 aromatic rings. The number of nitrogens with one attached hydrogen (secondary N) is 4. The molecule has 1 fully saturated rings. The second-order valence-electron chi connectivity index (χ2n) is 7.34. The zero-order chi connectivity index (χ0) is 24.1. The van der Waals surface area contributed by atoms with E-state index < -0.39 is 48.4 Å². The van der Waals surface area contributed by atoms with Gasteiger partial charge in [-0.15, -0.1) is 0 Å². The molecule has 0 saturated carbocycles. The maximum Gasteiger partial charge on any atom is 0.322 e. The number of amides is 4. The third-order valence-electron chi connectivity index (χ3n) is 4.68. The van der Waals surface area contributed by atoms with E-state index in [4.69, 9.17) is 22.3 Å². The van der Waals surface area contributed by atoms with E-state index in [1.807, 2.05) is 0 Å². The van der Waals surface area contributed by atoms with Gasteiger partial charge in [0.25, 0.3) is 0 Å². The minimum Gasteiger partial charge on any atom is -0.480 e. The van der Waals surface area contributed by atoms with Crippen LogP contribution in [0.4, 0.5) is 0 Å². The Morgan fingerprint density at radius 3 is 2.28 bits per heavy atom. The molecule has 3 atom stereocenters. The topological polar surface area (TPSA) is 244 Å². The molecular formula is C18H32N8O6. The van der Waals surface area contributed by atoms with Crippen LogP contribution in [0.15, 0.2) is 4.99 Å². The van der Waals surface area contributed by atoms with Gasteiger partial charge < -0.3 is 43.6 Å². The number of carboxylic acid groups (broad SMARTS) is 1. The summed E-state index contributed by atoms with van der Waals surface area (Å²) in [5, 5.41) is 19.1. The van der Waals surface area contributed by atoms with Gasteiger partial charge in [-0.2, -0.15) is 0 Å². The number of primary amides is 1. The largest absolute Gasteiger partial charge is 0.480 e. The first-order chi connectivity index (χ1) is 15.1. The maximum absolute atomic E-state index is 12.9. The van der Waals surface area contributed by atoms with Crippen LogP contribution in [0.5, 0.6) is 0 Å². The highest BCUT2D eigenvalue weighted by Crippen LogP contribution is 2.08. The van der Waals surface area contributed by atoms with E-state index in [-0.39, 0.29) is 37.7 Å². The molecule has 1 saturated heterocycles. The molecule has 1 heterocycles. The molecule has 0 bridgehead atoms. The number of carboxylic acids is 1. The number of hydrogen-bond donors (Lipinski definition) is 8. The lowest BCUT2D eigenvalue weighted by Crippen LogP contribution is -2.56. The summed E-state index contributed by atoms with van der Waals surface area (Å²) in [7, 11) is 0. The molecule has 0 aromatic carbocycles. The van der Waals surface area contributed by atoms with Crippen molar-refractivity contribution in [1.29, 1.82) is 0 Å². The Hall–Kier alpha value is -3.42. The fraction of sp³-hybridized carbons (Fsp3) is 0.667. The first-order valence-corrected chi connectivity index (χ1v) is 10.3. The Morgan fingerprint density at radius 2 is 1.72 bits per heavy atom.